The van der Waals surface area contributed by atoms with E-state index in [4.69, 9.17) is 14.2 Å². The molecule has 0 aromatic rings. The highest BCUT2D eigenvalue weighted by Gasteiger charge is 2.19. The van der Waals surface area contributed by atoms with Gasteiger partial charge in [-0.1, -0.05) is 279 Å². The molecule has 0 aromatic carbocycles. The molecule has 0 aromatic heterocycles. The van der Waals surface area contributed by atoms with Gasteiger partial charge >= 0.3 is 17.9 Å². The molecule has 374 valence electrons. The maximum atomic E-state index is 12.8. The van der Waals surface area contributed by atoms with Crippen molar-refractivity contribution in [3.8, 4) is 0 Å². The minimum absolute atomic E-state index is 0.0630. The Morgan fingerprint density at radius 3 is 0.778 bits per heavy atom. The van der Waals surface area contributed by atoms with Gasteiger partial charge in [0.1, 0.15) is 13.2 Å². The third kappa shape index (κ3) is 51.3. The van der Waals surface area contributed by atoms with Crippen LogP contribution in [0.15, 0.2) is 0 Å². The molecular weight excluding hydrogens is 781 g/mol. The average molecular weight is 892 g/mol. The molecule has 0 rings (SSSR count). The Morgan fingerprint density at radius 1 is 0.302 bits per heavy atom. The third-order valence-corrected chi connectivity index (χ3v) is 13.0. The fraction of sp³-hybridized carbons (Fsp3) is 0.947. The van der Waals surface area contributed by atoms with Crippen LogP contribution in [0.1, 0.15) is 317 Å². The predicted molar refractivity (Wildman–Crippen MR) is 270 cm³/mol. The van der Waals surface area contributed by atoms with Crippen LogP contribution in [0, 0.1) is 11.8 Å². The first kappa shape index (κ1) is 61.4. The Kier molecular flexibility index (Phi) is 48.6. The Hall–Kier alpha value is -1.59. The minimum Gasteiger partial charge on any atom is -0.462 e. The molecular formula is C57H110O6. The van der Waals surface area contributed by atoms with Gasteiger partial charge in [0.25, 0.3) is 0 Å². The highest BCUT2D eigenvalue weighted by atomic mass is 16.6. The van der Waals surface area contributed by atoms with Crippen molar-refractivity contribution in [3.05, 3.63) is 0 Å². The lowest BCUT2D eigenvalue weighted by atomic mass is 10.0. The van der Waals surface area contributed by atoms with Gasteiger partial charge in [-0.25, -0.2) is 0 Å². The molecule has 1 atom stereocenters. The molecule has 0 unspecified atom stereocenters. The van der Waals surface area contributed by atoms with Gasteiger partial charge in [-0.3, -0.25) is 14.4 Å². The molecule has 0 N–H and O–H groups in total. The van der Waals surface area contributed by atoms with Gasteiger partial charge in [0.2, 0.25) is 0 Å². The van der Waals surface area contributed by atoms with E-state index in [9.17, 15) is 14.4 Å². The number of hydrogen-bond donors (Lipinski definition) is 0. The van der Waals surface area contributed by atoms with E-state index in [-0.39, 0.29) is 31.1 Å². The lowest BCUT2D eigenvalue weighted by Gasteiger charge is -2.18. The van der Waals surface area contributed by atoms with Gasteiger partial charge in [-0.05, 0) is 31.1 Å². The van der Waals surface area contributed by atoms with Crippen molar-refractivity contribution >= 4 is 17.9 Å². The number of ether oxygens (including phenoxy) is 3. The molecule has 0 radical (unpaired) electrons. The summed E-state index contributed by atoms with van der Waals surface area (Å²) in [6, 6.07) is 0. The van der Waals surface area contributed by atoms with E-state index in [1.807, 2.05) is 0 Å². The molecule has 0 spiro atoms. The summed E-state index contributed by atoms with van der Waals surface area (Å²) >= 11 is 0. The van der Waals surface area contributed by atoms with Crippen LogP contribution < -0.4 is 0 Å². The summed E-state index contributed by atoms with van der Waals surface area (Å²) in [6.45, 7) is 11.4. The Labute approximate surface area is 393 Å². The minimum atomic E-state index is -0.762. The summed E-state index contributed by atoms with van der Waals surface area (Å²) in [4.78, 5) is 38.1. The van der Waals surface area contributed by atoms with Crippen molar-refractivity contribution in [2.45, 2.75) is 323 Å². The molecule has 0 aliphatic carbocycles. The topological polar surface area (TPSA) is 78.9 Å². The predicted octanol–water partition coefficient (Wildman–Crippen LogP) is 18.5. The van der Waals surface area contributed by atoms with Crippen LogP contribution in [0.4, 0.5) is 0 Å². The SMILES string of the molecule is CCCCCCCCCCCCCCCCCC(=O)OC[C@H](COC(=O)CCCCCCCCCCCCCCCCC(C)C)OC(=O)CCCCCCCCCCCCC(C)C. The fourth-order valence-electron chi connectivity index (χ4n) is 8.70. The number of rotatable bonds is 51. The molecule has 0 aliphatic heterocycles. The maximum Gasteiger partial charge on any atom is 0.306 e. The molecule has 0 saturated carbocycles. The molecule has 63 heavy (non-hydrogen) atoms. The van der Waals surface area contributed by atoms with Crippen molar-refractivity contribution < 1.29 is 28.6 Å². The number of esters is 3. The van der Waals surface area contributed by atoms with Crippen molar-refractivity contribution in [2.75, 3.05) is 13.2 Å². The second-order valence-electron chi connectivity index (χ2n) is 20.5. The molecule has 0 amide bonds. The normalized spacial score (nSPS) is 12.0. The molecule has 0 fully saturated rings. The van der Waals surface area contributed by atoms with Crippen LogP contribution in [0.2, 0.25) is 0 Å². The van der Waals surface area contributed by atoms with Crippen LogP contribution in [0.3, 0.4) is 0 Å². The van der Waals surface area contributed by atoms with E-state index in [0.29, 0.717) is 19.3 Å². The van der Waals surface area contributed by atoms with E-state index >= 15 is 0 Å². The zero-order valence-electron chi connectivity index (χ0n) is 43.2. The van der Waals surface area contributed by atoms with Crippen molar-refractivity contribution in [2.24, 2.45) is 11.8 Å². The largest absolute Gasteiger partial charge is 0.462 e. The van der Waals surface area contributed by atoms with Crippen LogP contribution in [-0.2, 0) is 28.6 Å². The van der Waals surface area contributed by atoms with Crippen LogP contribution in [0.25, 0.3) is 0 Å². The number of unbranched alkanes of at least 4 members (excludes halogenated alkanes) is 36. The Balaban J connectivity index is 4.29. The quantitative estimate of drug-likeness (QED) is 0.0344. The summed E-state index contributed by atoms with van der Waals surface area (Å²) in [5.41, 5.74) is 0. The molecule has 0 aliphatic rings. The highest BCUT2D eigenvalue weighted by Crippen LogP contribution is 2.18. The summed E-state index contributed by atoms with van der Waals surface area (Å²) in [6.07, 6.45) is 52.3. The molecule has 6 nitrogen and oxygen atoms in total. The van der Waals surface area contributed by atoms with Gasteiger partial charge in [0.15, 0.2) is 6.10 Å². The van der Waals surface area contributed by atoms with Gasteiger partial charge < -0.3 is 14.2 Å². The molecule has 0 bridgehead atoms. The van der Waals surface area contributed by atoms with Crippen LogP contribution >= 0.6 is 0 Å². The summed E-state index contributed by atoms with van der Waals surface area (Å²) in [5.74, 6) is 0.820. The summed E-state index contributed by atoms with van der Waals surface area (Å²) in [7, 11) is 0. The van der Waals surface area contributed by atoms with E-state index in [1.54, 1.807) is 0 Å². The van der Waals surface area contributed by atoms with Crippen molar-refractivity contribution in [1.82, 2.24) is 0 Å². The van der Waals surface area contributed by atoms with Gasteiger partial charge in [-0.2, -0.15) is 0 Å². The van der Waals surface area contributed by atoms with Gasteiger partial charge in [0, 0.05) is 19.3 Å². The summed E-state index contributed by atoms with van der Waals surface area (Å²) in [5, 5.41) is 0. The van der Waals surface area contributed by atoms with Crippen molar-refractivity contribution in [3.63, 3.8) is 0 Å². The summed E-state index contributed by atoms with van der Waals surface area (Å²) < 4.78 is 16.9. The van der Waals surface area contributed by atoms with E-state index < -0.39 is 6.10 Å². The first-order valence-corrected chi connectivity index (χ1v) is 28.2. The number of hydrogen-bond acceptors (Lipinski definition) is 6. The number of carbonyl (C=O) groups excluding carboxylic acids is 3. The zero-order chi connectivity index (χ0) is 46.1. The first-order chi connectivity index (χ1) is 30.7. The molecule has 0 heterocycles. The second-order valence-corrected chi connectivity index (χ2v) is 20.5. The molecule has 0 saturated heterocycles. The smallest absolute Gasteiger partial charge is 0.306 e. The van der Waals surface area contributed by atoms with E-state index in [2.05, 4.69) is 34.6 Å². The van der Waals surface area contributed by atoms with E-state index in [1.165, 1.54) is 205 Å². The zero-order valence-corrected chi connectivity index (χ0v) is 43.2. The van der Waals surface area contributed by atoms with Crippen LogP contribution in [0.5, 0.6) is 0 Å². The Morgan fingerprint density at radius 2 is 0.524 bits per heavy atom. The lowest BCUT2D eigenvalue weighted by molar-refractivity contribution is -0.167. The maximum absolute atomic E-state index is 12.8. The fourth-order valence-corrected chi connectivity index (χ4v) is 8.70. The third-order valence-electron chi connectivity index (χ3n) is 13.0. The van der Waals surface area contributed by atoms with E-state index in [0.717, 1.165) is 69.6 Å². The van der Waals surface area contributed by atoms with Gasteiger partial charge in [0.05, 0.1) is 0 Å². The monoisotopic (exact) mass is 891 g/mol. The highest BCUT2D eigenvalue weighted by molar-refractivity contribution is 5.71. The first-order valence-electron chi connectivity index (χ1n) is 28.2. The standard InChI is InChI=1S/C57H110O6/c1-6-7-8-9-10-11-12-13-14-18-21-27-32-37-42-47-55(58)61-50-54(63-57(60)49-44-39-34-29-24-23-26-31-36-41-46-53(4)5)51-62-56(59)48-43-38-33-28-22-19-16-15-17-20-25-30-35-40-45-52(2)3/h52-54H,6-51H2,1-5H3/t54-/m1/s1. The van der Waals surface area contributed by atoms with Crippen molar-refractivity contribution in [1.29, 1.82) is 0 Å². The molecule has 6 heteroatoms. The average Bonchev–Trinajstić information content (AvgIpc) is 3.25. The second kappa shape index (κ2) is 49.8. The van der Waals surface area contributed by atoms with Gasteiger partial charge in [-0.15, -0.1) is 0 Å². The number of carbonyl (C=O) groups is 3. The lowest BCUT2D eigenvalue weighted by Crippen LogP contribution is -2.30. The Bertz CT molecular complexity index is 962. The van der Waals surface area contributed by atoms with Crippen LogP contribution in [-0.4, -0.2) is 37.2 Å².